The molecule has 5 heteroatoms. The summed E-state index contributed by atoms with van der Waals surface area (Å²) in [6.07, 6.45) is 3.80. The van der Waals surface area contributed by atoms with Crippen molar-refractivity contribution in [3.63, 3.8) is 0 Å². The lowest BCUT2D eigenvalue weighted by Gasteiger charge is -2.27. The van der Waals surface area contributed by atoms with Crippen LogP contribution in [0.4, 0.5) is 0 Å². The maximum atomic E-state index is 12.8. The van der Waals surface area contributed by atoms with Gasteiger partial charge in [-0.1, -0.05) is 24.8 Å². The zero-order valence-electron chi connectivity index (χ0n) is 13.4. The van der Waals surface area contributed by atoms with Crippen LogP contribution in [0.2, 0.25) is 0 Å². The number of rotatable bonds is 3. The number of aromatic nitrogens is 1. The van der Waals surface area contributed by atoms with Gasteiger partial charge in [0, 0.05) is 35.3 Å². The normalized spacial score (nSPS) is 19.9. The van der Waals surface area contributed by atoms with Crippen LogP contribution in [0, 0.1) is 0 Å². The molecular formula is C19H19N3O2. The van der Waals surface area contributed by atoms with Gasteiger partial charge in [-0.15, -0.1) is 0 Å². The van der Waals surface area contributed by atoms with E-state index in [1.807, 2.05) is 41.4 Å². The third-order valence-electron chi connectivity index (χ3n) is 4.89. The molecule has 2 aliphatic rings. The fourth-order valence-corrected chi connectivity index (χ4v) is 3.67. The topological polar surface area (TPSA) is 56.4 Å². The Labute approximate surface area is 140 Å². The van der Waals surface area contributed by atoms with Gasteiger partial charge in [0.05, 0.1) is 6.04 Å². The molecule has 1 N–H and O–H groups in total. The van der Waals surface area contributed by atoms with Gasteiger partial charge in [-0.05, 0) is 31.0 Å². The molecule has 1 unspecified atom stereocenters. The van der Waals surface area contributed by atoms with E-state index in [4.69, 9.17) is 0 Å². The second-order valence-corrected chi connectivity index (χ2v) is 6.25. The first-order chi connectivity index (χ1) is 11.7. The first-order valence-corrected chi connectivity index (χ1v) is 8.20. The molecule has 1 saturated heterocycles. The Balaban J connectivity index is 1.53. The van der Waals surface area contributed by atoms with Crippen molar-refractivity contribution in [1.29, 1.82) is 0 Å². The quantitative estimate of drug-likeness (QED) is 0.945. The van der Waals surface area contributed by atoms with Gasteiger partial charge < -0.3 is 9.88 Å². The summed E-state index contributed by atoms with van der Waals surface area (Å²) < 4.78 is 0. The molecule has 1 aromatic heterocycles. The minimum absolute atomic E-state index is 0.0330. The van der Waals surface area contributed by atoms with Crippen LogP contribution in [0.5, 0.6) is 0 Å². The molecule has 0 bridgehead atoms. The second-order valence-electron chi connectivity index (χ2n) is 6.25. The summed E-state index contributed by atoms with van der Waals surface area (Å²) >= 11 is 0. The zero-order chi connectivity index (χ0) is 16.7. The number of amides is 2. The second kappa shape index (κ2) is 5.67. The highest BCUT2D eigenvalue weighted by Crippen LogP contribution is 2.34. The largest absolute Gasteiger partial charge is 0.363 e. The molecule has 4 rings (SSSR count). The number of H-pyrrole nitrogens is 1. The Bertz CT molecular complexity index is 775. The van der Waals surface area contributed by atoms with Crippen molar-refractivity contribution in [2.24, 2.45) is 0 Å². The summed E-state index contributed by atoms with van der Waals surface area (Å²) in [5, 5.41) is 0. The maximum Gasteiger partial charge on any atom is 0.259 e. The Hall–Kier alpha value is -2.82. The minimum atomic E-state index is -0.139. The van der Waals surface area contributed by atoms with Gasteiger partial charge in [-0.3, -0.25) is 14.5 Å². The molecule has 3 heterocycles. The molecule has 1 atom stereocenters. The minimum Gasteiger partial charge on any atom is -0.363 e. The van der Waals surface area contributed by atoms with Crippen LogP contribution in [-0.2, 0) is 4.79 Å². The SMILES string of the molecule is C=C1c2ccccc2C(=O)N1CC(=O)N1CCCC1c1ccc[nH]1. The molecule has 0 saturated carbocycles. The number of benzene rings is 1. The smallest absolute Gasteiger partial charge is 0.259 e. The van der Waals surface area contributed by atoms with Gasteiger partial charge in [0.1, 0.15) is 6.54 Å². The number of nitrogens with one attached hydrogen (secondary N) is 1. The van der Waals surface area contributed by atoms with E-state index in [-0.39, 0.29) is 24.4 Å². The lowest BCUT2D eigenvalue weighted by Crippen LogP contribution is -2.39. The monoisotopic (exact) mass is 321 g/mol. The molecule has 5 nitrogen and oxygen atoms in total. The van der Waals surface area contributed by atoms with Gasteiger partial charge in [-0.25, -0.2) is 0 Å². The van der Waals surface area contributed by atoms with Gasteiger partial charge >= 0.3 is 0 Å². The molecule has 2 aliphatic heterocycles. The van der Waals surface area contributed by atoms with E-state index >= 15 is 0 Å². The summed E-state index contributed by atoms with van der Waals surface area (Å²) in [7, 11) is 0. The average molecular weight is 321 g/mol. The van der Waals surface area contributed by atoms with Crippen LogP contribution in [0.1, 0.15) is 40.5 Å². The number of aromatic amines is 1. The number of fused-ring (bicyclic) bond motifs is 1. The number of carbonyl (C=O) groups is 2. The van der Waals surface area contributed by atoms with Crippen LogP contribution in [-0.4, -0.2) is 39.7 Å². The van der Waals surface area contributed by atoms with Crippen LogP contribution in [0.3, 0.4) is 0 Å². The summed E-state index contributed by atoms with van der Waals surface area (Å²) in [5.41, 5.74) is 3.10. The fourth-order valence-electron chi connectivity index (χ4n) is 3.67. The molecule has 2 aromatic rings. The molecule has 122 valence electrons. The van der Waals surface area contributed by atoms with E-state index in [0.717, 1.165) is 30.6 Å². The van der Waals surface area contributed by atoms with Crippen molar-refractivity contribution < 1.29 is 9.59 Å². The van der Waals surface area contributed by atoms with E-state index in [9.17, 15) is 9.59 Å². The molecule has 1 aromatic carbocycles. The predicted molar refractivity (Wildman–Crippen MR) is 91.0 cm³/mol. The predicted octanol–water partition coefficient (Wildman–Crippen LogP) is 2.80. The standard InChI is InChI=1S/C19H19N3O2/c1-13-14-6-2-3-7-15(14)19(24)22(13)12-18(23)21-11-5-9-17(21)16-8-4-10-20-16/h2-4,6-8,10,17,20H,1,5,9,11-12H2. The number of nitrogens with zero attached hydrogens (tertiary/aromatic N) is 2. The van der Waals surface area contributed by atoms with Gasteiger partial charge in [0.15, 0.2) is 0 Å². The van der Waals surface area contributed by atoms with Crippen LogP contribution >= 0.6 is 0 Å². The molecule has 0 aliphatic carbocycles. The number of hydrogen-bond donors (Lipinski definition) is 1. The molecular weight excluding hydrogens is 302 g/mol. The van der Waals surface area contributed by atoms with E-state index in [0.29, 0.717) is 11.3 Å². The van der Waals surface area contributed by atoms with Gasteiger partial charge in [0.2, 0.25) is 5.91 Å². The lowest BCUT2D eigenvalue weighted by molar-refractivity contribution is -0.132. The first kappa shape index (κ1) is 14.8. The Morgan fingerprint density at radius 3 is 2.71 bits per heavy atom. The summed E-state index contributed by atoms with van der Waals surface area (Å²) in [6.45, 7) is 4.78. The fraction of sp³-hybridized carbons (Fsp3) is 0.263. The van der Waals surface area contributed by atoms with Crippen LogP contribution in [0.25, 0.3) is 5.70 Å². The van der Waals surface area contributed by atoms with Crippen molar-refractivity contribution in [3.8, 4) is 0 Å². The van der Waals surface area contributed by atoms with Gasteiger partial charge in [-0.2, -0.15) is 0 Å². The molecule has 24 heavy (non-hydrogen) atoms. The Morgan fingerprint density at radius 2 is 2.00 bits per heavy atom. The summed E-state index contributed by atoms with van der Waals surface area (Å²) in [6, 6.07) is 11.4. The maximum absolute atomic E-state index is 12.8. The van der Waals surface area contributed by atoms with Gasteiger partial charge in [0.25, 0.3) is 5.91 Å². The van der Waals surface area contributed by atoms with Crippen molar-refractivity contribution in [3.05, 3.63) is 66.0 Å². The molecule has 0 spiro atoms. The van der Waals surface area contributed by atoms with E-state index < -0.39 is 0 Å². The van der Waals surface area contributed by atoms with Crippen molar-refractivity contribution >= 4 is 17.5 Å². The zero-order valence-corrected chi connectivity index (χ0v) is 13.4. The third-order valence-corrected chi connectivity index (χ3v) is 4.89. The highest BCUT2D eigenvalue weighted by atomic mass is 16.2. The lowest BCUT2D eigenvalue weighted by atomic mass is 10.1. The van der Waals surface area contributed by atoms with E-state index in [1.54, 1.807) is 6.07 Å². The van der Waals surface area contributed by atoms with E-state index in [2.05, 4.69) is 11.6 Å². The first-order valence-electron chi connectivity index (χ1n) is 8.20. The van der Waals surface area contributed by atoms with Crippen LogP contribution in [0.15, 0.2) is 49.2 Å². The average Bonchev–Trinajstić information content (AvgIpc) is 3.31. The molecule has 1 fully saturated rings. The number of likely N-dealkylation sites (tertiary alicyclic amines) is 1. The molecule has 2 amide bonds. The Morgan fingerprint density at radius 1 is 1.21 bits per heavy atom. The van der Waals surface area contributed by atoms with Crippen molar-refractivity contribution in [1.82, 2.24) is 14.8 Å². The third kappa shape index (κ3) is 2.24. The van der Waals surface area contributed by atoms with Crippen LogP contribution < -0.4 is 0 Å². The highest BCUT2D eigenvalue weighted by Gasteiger charge is 2.36. The number of carbonyl (C=O) groups excluding carboxylic acids is 2. The summed E-state index contributed by atoms with van der Waals surface area (Å²) in [5.74, 6) is -0.172. The Kier molecular flexibility index (Phi) is 3.49. The molecule has 0 radical (unpaired) electrons. The van der Waals surface area contributed by atoms with Crippen molar-refractivity contribution in [2.45, 2.75) is 18.9 Å². The summed E-state index contributed by atoms with van der Waals surface area (Å²) in [4.78, 5) is 31.9. The highest BCUT2D eigenvalue weighted by molar-refractivity contribution is 6.10. The van der Waals surface area contributed by atoms with Crippen molar-refractivity contribution in [2.75, 3.05) is 13.1 Å². The number of hydrogen-bond acceptors (Lipinski definition) is 2. The van der Waals surface area contributed by atoms with E-state index in [1.165, 1.54) is 4.90 Å².